The van der Waals surface area contributed by atoms with Gasteiger partial charge in [0.1, 0.15) is 0 Å². The number of carbonyl (C=O) groups is 1. The van der Waals surface area contributed by atoms with Gasteiger partial charge in [-0.1, -0.05) is 23.2 Å². The van der Waals surface area contributed by atoms with E-state index in [1.54, 1.807) is 18.2 Å². The zero-order chi connectivity index (χ0) is 12.8. The highest BCUT2D eigenvalue weighted by atomic mass is 35.5. The Morgan fingerprint density at radius 2 is 2.24 bits per heavy atom. The Balaban J connectivity index is 2.54. The highest BCUT2D eigenvalue weighted by molar-refractivity contribution is 6.33. The summed E-state index contributed by atoms with van der Waals surface area (Å²) >= 11 is 11.7. The zero-order valence-corrected chi connectivity index (χ0v) is 10.8. The van der Waals surface area contributed by atoms with Gasteiger partial charge in [-0.25, -0.2) is 0 Å². The molecule has 0 saturated carbocycles. The van der Waals surface area contributed by atoms with Crippen molar-refractivity contribution < 1.29 is 14.6 Å². The number of aliphatic hydroxyl groups is 1. The summed E-state index contributed by atoms with van der Waals surface area (Å²) in [5, 5.41) is 13.5. The van der Waals surface area contributed by atoms with E-state index >= 15 is 0 Å². The SMILES string of the molecule is COC(=O)CNCC(O)c1cc(Cl)ccc1Cl. The Labute approximate surface area is 109 Å². The van der Waals surface area contributed by atoms with Crippen LogP contribution in [-0.4, -0.2) is 31.3 Å². The molecule has 0 radical (unpaired) electrons. The van der Waals surface area contributed by atoms with Gasteiger partial charge in [0, 0.05) is 22.2 Å². The average Bonchev–Trinajstić information content (AvgIpc) is 2.31. The molecular weight excluding hydrogens is 265 g/mol. The minimum Gasteiger partial charge on any atom is -0.468 e. The van der Waals surface area contributed by atoms with Crippen molar-refractivity contribution in [3.05, 3.63) is 33.8 Å². The van der Waals surface area contributed by atoms with Crippen molar-refractivity contribution in [2.24, 2.45) is 0 Å². The van der Waals surface area contributed by atoms with Crippen LogP contribution in [0.2, 0.25) is 10.0 Å². The summed E-state index contributed by atoms with van der Waals surface area (Å²) in [5.41, 5.74) is 0.525. The third kappa shape index (κ3) is 4.52. The molecule has 0 spiro atoms. The van der Waals surface area contributed by atoms with Crippen molar-refractivity contribution in [2.75, 3.05) is 20.2 Å². The topological polar surface area (TPSA) is 58.6 Å². The van der Waals surface area contributed by atoms with Gasteiger partial charge in [-0.2, -0.15) is 0 Å². The van der Waals surface area contributed by atoms with Gasteiger partial charge in [-0.3, -0.25) is 4.79 Å². The van der Waals surface area contributed by atoms with E-state index in [1.165, 1.54) is 7.11 Å². The number of esters is 1. The van der Waals surface area contributed by atoms with E-state index in [2.05, 4.69) is 10.1 Å². The lowest BCUT2D eigenvalue weighted by Gasteiger charge is -2.13. The fourth-order valence-corrected chi connectivity index (χ4v) is 1.69. The summed E-state index contributed by atoms with van der Waals surface area (Å²) in [6, 6.07) is 4.85. The van der Waals surface area contributed by atoms with Crippen LogP contribution in [0.25, 0.3) is 0 Å². The quantitative estimate of drug-likeness (QED) is 0.806. The van der Waals surface area contributed by atoms with Gasteiger partial charge in [0.25, 0.3) is 0 Å². The third-order valence-electron chi connectivity index (χ3n) is 2.15. The Hall–Kier alpha value is -0.810. The largest absolute Gasteiger partial charge is 0.468 e. The van der Waals surface area contributed by atoms with Crippen molar-refractivity contribution in [3.63, 3.8) is 0 Å². The molecule has 1 aromatic carbocycles. The van der Waals surface area contributed by atoms with Crippen molar-refractivity contribution in [1.29, 1.82) is 0 Å². The van der Waals surface area contributed by atoms with Crippen LogP contribution in [0.5, 0.6) is 0 Å². The molecule has 1 aromatic rings. The fraction of sp³-hybridized carbons (Fsp3) is 0.364. The van der Waals surface area contributed by atoms with Crippen LogP contribution in [-0.2, 0) is 9.53 Å². The molecule has 1 atom stereocenters. The molecule has 1 unspecified atom stereocenters. The molecule has 0 bridgehead atoms. The smallest absolute Gasteiger partial charge is 0.319 e. The minimum absolute atomic E-state index is 0.0335. The van der Waals surface area contributed by atoms with E-state index < -0.39 is 12.1 Å². The molecule has 0 aromatic heterocycles. The Morgan fingerprint density at radius 1 is 1.53 bits per heavy atom. The number of rotatable bonds is 5. The van der Waals surface area contributed by atoms with E-state index in [0.717, 1.165) is 0 Å². The van der Waals surface area contributed by atoms with E-state index in [-0.39, 0.29) is 13.1 Å². The van der Waals surface area contributed by atoms with Crippen LogP contribution in [0.1, 0.15) is 11.7 Å². The second-order valence-electron chi connectivity index (χ2n) is 3.39. The van der Waals surface area contributed by atoms with E-state index in [4.69, 9.17) is 23.2 Å². The molecule has 1 rings (SSSR count). The van der Waals surface area contributed by atoms with Crippen LogP contribution in [0.4, 0.5) is 0 Å². The van der Waals surface area contributed by atoms with Gasteiger partial charge >= 0.3 is 5.97 Å². The van der Waals surface area contributed by atoms with Crippen LogP contribution in [0, 0.1) is 0 Å². The normalized spacial score (nSPS) is 12.2. The number of aliphatic hydroxyl groups excluding tert-OH is 1. The number of nitrogens with one attached hydrogen (secondary N) is 1. The summed E-state index contributed by atoms with van der Waals surface area (Å²) in [6.45, 7) is 0.223. The lowest BCUT2D eigenvalue weighted by atomic mass is 10.1. The van der Waals surface area contributed by atoms with Gasteiger partial charge < -0.3 is 15.2 Å². The molecule has 0 saturated heterocycles. The van der Waals surface area contributed by atoms with Gasteiger partial charge in [0.05, 0.1) is 19.8 Å². The molecule has 0 fully saturated rings. The van der Waals surface area contributed by atoms with Crippen molar-refractivity contribution in [2.45, 2.75) is 6.10 Å². The highest BCUT2D eigenvalue weighted by Crippen LogP contribution is 2.25. The number of halogens is 2. The molecule has 94 valence electrons. The molecule has 4 nitrogen and oxygen atoms in total. The van der Waals surface area contributed by atoms with Crippen LogP contribution in [0.3, 0.4) is 0 Å². The third-order valence-corrected chi connectivity index (χ3v) is 2.73. The first kappa shape index (κ1) is 14.3. The maximum Gasteiger partial charge on any atom is 0.319 e. The Morgan fingerprint density at radius 3 is 2.88 bits per heavy atom. The fourth-order valence-electron chi connectivity index (χ4n) is 1.26. The molecule has 0 aliphatic carbocycles. The summed E-state index contributed by atoms with van der Waals surface area (Å²) in [7, 11) is 1.30. The first-order valence-electron chi connectivity index (χ1n) is 4.95. The number of hydrogen-bond donors (Lipinski definition) is 2. The van der Waals surface area contributed by atoms with Gasteiger partial charge in [-0.15, -0.1) is 0 Å². The summed E-state index contributed by atoms with van der Waals surface area (Å²) < 4.78 is 4.45. The van der Waals surface area contributed by atoms with Crippen molar-refractivity contribution in [3.8, 4) is 0 Å². The number of methoxy groups -OCH3 is 1. The second-order valence-corrected chi connectivity index (χ2v) is 4.23. The molecule has 6 heteroatoms. The van der Waals surface area contributed by atoms with Gasteiger partial charge in [0.15, 0.2) is 0 Å². The van der Waals surface area contributed by atoms with Gasteiger partial charge in [0.2, 0.25) is 0 Å². The molecule has 2 N–H and O–H groups in total. The summed E-state index contributed by atoms with van der Waals surface area (Å²) in [6.07, 6.45) is -0.828. The minimum atomic E-state index is -0.828. The predicted octanol–water partition coefficient (Wildman–Crippen LogP) is 1.79. The molecule has 0 heterocycles. The van der Waals surface area contributed by atoms with Crippen LogP contribution >= 0.6 is 23.2 Å². The average molecular weight is 278 g/mol. The van der Waals surface area contributed by atoms with E-state index in [0.29, 0.717) is 15.6 Å². The predicted molar refractivity (Wildman–Crippen MR) is 66.3 cm³/mol. The van der Waals surface area contributed by atoms with E-state index in [9.17, 15) is 9.90 Å². The van der Waals surface area contributed by atoms with Gasteiger partial charge in [-0.05, 0) is 18.2 Å². The van der Waals surface area contributed by atoms with Crippen molar-refractivity contribution in [1.82, 2.24) is 5.32 Å². The standard InChI is InChI=1S/C11H13Cl2NO3/c1-17-11(16)6-14-5-10(15)8-4-7(12)2-3-9(8)13/h2-4,10,14-15H,5-6H2,1H3. The second kappa shape index (κ2) is 6.81. The molecule has 0 aliphatic heterocycles. The summed E-state index contributed by atoms with van der Waals surface area (Å²) in [5.74, 6) is -0.394. The number of hydrogen-bond acceptors (Lipinski definition) is 4. The van der Waals surface area contributed by atoms with Crippen LogP contribution < -0.4 is 5.32 Å². The lowest BCUT2D eigenvalue weighted by Crippen LogP contribution is -2.28. The first-order chi connectivity index (χ1) is 8.04. The monoisotopic (exact) mass is 277 g/mol. The maximum atomic E-state index is 10.8. The molecular formula is C11H13Cl2NO3. The first-order valence-corrected chi connectivity index (χ1v) is 5.70. The highest BCUT2D eigenvalue weighted by Gasteiger charge is 2.12. The molecule has 0 amide bonds. The lowest BCUT2D eigenvalue weighted by molar-refractivity contribution is -0.139. The zero-order valence-electron chi connectivity index (χ0n) is 9.24. The Bertz CT molecular complexity index is 398. The van der Waals surface area contributed by atoms with Crippen molar-refractivity contribution >= 4 is 29.2 Å². The Kier molecular flexibility index (Phi) is 5.71. The number of ether oxygens (including phenoxy) is 1. The maximum absolute atomic E-state index is 10.8. The van der Waals surface area contributed by atoms with E-state index in [1.807, 2.05) is 0 Å². The number of carbonyl (C=O) groups excluding carboxylic acids is 1. The summed E-state index contributed by atoms with van der Waals surface area (Å²) in [4.78, 5) is 10.8. The molecule has 0 aliphatic rings. The molecule has 17 heavy (non-hydrogen) atoms. The van der Waals surface area contributed by atoms with Crippen LogP contribution in [0.15, 0.2) is 18.2 Å². The number of benzene rings is 1.